The lowest BCUT2D eigenvalue weighted by atomic mass is 9.95. The van der Waals surface area contributed by atoms with Crippen molar-refractivity contribution in [3.8, 4) is 0 Å². The predicted octanol–water partition coefficient (Wildman–Crippen LogP) is 3.59. The molecule has 0 spiro atoms. The van der Waals surface area contributed by atoms with Crippen molar-refractivity contribution in [1.29, 1.82) is 0 Å². The minimum Gasteiger partial charge on any atom is -0.352 e. The highest BCUT2D eigenvalue weighted by Crippen LogP contribution is 2.29. The number of carbonyl (C=O) groups excluding carboxylic acids is 1. The average molecular weight is 294 g/mol. The van der Waals surface area contributed by atoms with E-state index >= 15 is 0 Å². The van der Waals surface area contributed by atoms with E-state index < -0.39 is 17.2 Å². The molecule has 1 aromatic carbocycles. The molecule has 1 aromatic rings. The highest BCUT2D eigenvalue weighted by molar-refractivity contribution is 6.19. The first-order valence-electron chi connectivity index (χ1n) is 5.67. The topological polar surface area (TPSA) is 29.1 Å². The van der Waals surface area contributed by atoms with Crippen LogP contribution in [0.25, 0.3) is 0 Å². The first-order valence-corrected chi connectivity index (χ1v) is 6.20. The maximum Gasteiger partial charge on any atom is 0.416 e. The lowest BCUT2D eigenvalue weighted by molar-refractivity contribution is -0.137. The summed E-state index contributed by atoms with van der Waals surface area (Å²) in [5.41, 5.74) is -1.08. The number of nitrogens with one attached hydrogen (secondary N) is 1. The largest absolute Gasteiger partial charge is 0.416 e. The van der Waals surface area contributed by atoms with Crippen LogP contribution < -0.4 is 5.32 Å². The fourth-order valence-corrected chi connectivity index (χ4v) is 1.46. The van der Waals surface area contributed by atoms with Gasteiger partial charge in [0, 0.05) is 12.4 Å². The van der Waals surface area contributed by atoms with Gasteiger partial charge in [0.25, 0.3) is 0 Å². The minimum absolute atomic E-state index is 0.0447. The first-order chi connectivity index (χ1) is 8.66. The number of halogens is 4. The molecule has 0 heterocycles. The molecule has 2 nitrogen and oxygen atoms in total. The van der Waals surface area contributed by atoms with Crippen LogP contribution in [0, 0.1) is 5.41 Å². The number of hydrogen-bond donors (Lipinski definition) is 1. The Kier molecular flexibility index (Phi) is 4.85. The minimum atomic E-state index is -4.38. The van der Waals surface area contributed by atoms with E-state index in [0.29, 0.717) is 5.56 Å². The third-order valence-corrected chi connectivity index (χ3v) is 3.32. The van der Waals surface area contributed by atoms with Crippen LogP contribution >= 0.6 is 11.6 Å². The third-order valence-electron chi connectivity index (χ3n) is 2.66. The van der Waals surface area contributed by atoms with Gasteiger partial charge in [-0.15, -0.1) is 11.6 Å². The fourth-order valence-electron chi connectivity index (χ4n) is 1.34. The second-order valence-electron chi connectivity index (χ2n) is 4.90. The summed E-state index contributed by atoms with van der Waals surface area (Å²) in [6.07, 6.45) is -4.38. The Labute approximate surface area is 114 Å². The lowest BCUT2D eigenvalue weighted by Gasteiger charge is -2.20. The van der Waals surface area contributed by atoms with Crippen LogP contribution in [-0.2, 0) is 17.5 Å². The molecule has 0 saturated carbocycles. The summed E-state index contributed by atoms with van der Waals surface area (Å²) >= 11 is 5.65. The standard InChI is InChI=1S/C13H15ClF3NO/c1-12(2,8-14)11(19)18-7-9-4-3-5-10(6-9)13(15,16)17/h3-6H,7-8H2,1-2H3,(H,18,19). The third kappa shape index (κ3) is 4.42. The van der Waals surface area contributed by atoms with Gasteiger partial charge in [0.05, 0.1) is 11.0 Å². The Hall–Kier alpha value is -1.23. The molecule has 1 amide bonds. The Balaban J connectivity index is 2.72. The molecule has 19 heavy (non-hydrogen) atoms. The molecule has 0 bridgehead atoms. The van der Waals surface area contributed by atoms with Gasteiger partial charge in [-0.3, -0.25) is 4.79 Å². The average Bonchev–Trinajstić information content (AvgIpc) is 2.35. The monoisotopic (exact) mass is 293 g/mol. The van der Waals surface area contributed by atoms with Crippen molar-refractivity contribution in [2.45, 2.75) is 26.6 Å². The van der Waals surface area contributed by atoms with Gasteiger partial charge >= 0.3 is 6.18 Å². The van der Waals surface area contributed by atoms with Crippen molar-refractivity contribution in [1.82, 2.24) is 5.32 Å². The quantitative estimate of drug-likeness (QED) is 0.845. The van der Waals surface area contributed by atoms with Gasteiger partial charge in [-0.2, -0.15) is 13.2 Å². The van der Waals surface area contributed by atoms with Crippen LogP contribution in [0.5, 0.6) is 0 Å². The molecule has 106 valence electrons. The zero-order valence-electron chi connectivity index (χ0n) is 10.6. The summed E-state index contributed by atoms with van der Waals surface area (Å²) in [5.74, 6) is -0.151. The van der Waals surface area contributed by atoms with Gasteiger partial charge in [-0.25, -0.2) is 0 Å². The normalized spacial score (nSPS) is 12.3. The molecule has 0 radical (unpaired) electrons. The van der Waals surface area contributed by atoms with E-state index in [1.165, 1.54) is 12.1 Å². The second-order valence-corrected chi connectivity index (χ2v) is 5.17. The smallest absolute Gasteiger partial charge is 0.352 e. The molecule has 0 atom stereocenters. The predicted molar refractivity (Wildman–Crippen MR) is 67.8 cm³/mol. The summed E-state index contributed by atoms with van der Waals surface area (Å²) in [6.45, 7) is 3.38. The van der Waals surface area contributed by atoms with Gasteiger partial charge in [0.2, 0.25) is 5.91 Å². The van der Waals surface area contributed by atoms with E-state index in [2.05, 4.69) is 5.32 Å². The van der Waals surface area contributed by atoms with Crippen LogP contribution in [0.1, 0.15) is 25.0 Å². The van der Waals surface area contributed by atoms with Gasteiger partial charge < -0.3 is 5.32 Å². The number of amides is 1. The maximum atomic E-state index is 12.5. The van der Waals surface area contributed by atoms with E-state index in [4.69, 9.17) is 11.6 Å². The number of hydrogen-bond acceptors (Lipinski definition) is 1. The number of carbonyl (C=O) groups is 1. The van der Waals surface area contributed by atoms with Gasteiger partial charge in [0.15, 0.2) is 0 Å². The molecule has 0 aliphatic carbocycles. The van der Waals surface area contributed by atoms with Crippen molar-refractivity contribution in [2.75, 3.05) is 5.88 Å². The van der Waals surface area contributed by atoms with Crippen LogP contribution in [0.15, 0.2) is 24.3 Å². The molecule has 0 aliphatic heterocycles. The fraction of sp³-hybridized carbons (Fsp3) is 0.462. The zero-order chi connectivity index (χ0) is 14.7. The van der Waals surface area contributed by atoms with Crippen LogP contribution in [0.2, 0.25) is 0 Å². The Morgan fingerprint density at radius 1 is 1.32 bits per heavy atom. The van der Waals surface area contributed by atoms with Gasteiger partial charge in [0.1, 0.15) is 0 Å². The molecule has 0 unspecified atom stereocenters. The number of alkyl halides is 4. The highest BCUT2D eigenvalue weighted by atomic mass is 35.5. The summed E-state index contributed by atoms with van der Waals surface area (Å²) in [5, 5.41) is 2.58. The van der Waals surface area contributed by atoms with Gasteiger partial charge in [-0.1, -0.05) is 12.1 Å². The Morgan fingerprint density at radius 2 is 1.95 bits per heavy atom. The first kappa shape index (κ1) is 15.8. The zero-order valence-corrected chi connectivity index (χ0v) is 11.4. The molecular weight excluding hydrogens is 279 g/mol. The molecule has 0 fully saturated rings. The maximum absolute atomic E-state index is 12.5. The van der Waals surface area contributed by atoms with Crippen molar-refractivity contribution in [2.24, 2.45) is 5.41 Å². The highest BCUT2D eigenvalue weighted by Gasteiger charge is 2.30. The number of rotatable bonds is 4. The molecule has 1 N–H and O–H groups in total. The van der Waals surface area contributed by atoms with E-state index in [1.54, 1.807) is 13.8 Å². The van der Waals surface area contributed by atoms with Crippen molar-refractivity contribution < 1.29 is 18.0 Å². The van der Waals surface area contributed by atoms with E-state index in [-0.39, 0.29) is 18.3 Å². The Morgan fingerprint density at radius 3 is 2.47 bits per heavy atom. The van der Waals surface area contributed by atoms with Crippen LogP contribution in [0.3, 0.4) is 0 Å². The van der Waals surface area contributed by atoms with Crippen molar-refractivity contribution in [3.05, 3.63) is 35.4 Å². The summed E-state index contributed by atoms with van der Waals surface area (Å²) in [6, 6.07) is 4.86. The SMILES string of the molecule is CC(C)(CCl)C(=O)NCc1cccc(C(F)(F)F)c1. The van der Waals surface area contributed by atoms with Crippen LogP contribution in [0.4, 0.5) is 13.2 Å². The van der Waals surface area contributed by atoms with Crippen molar-refractivity contribution in [3.63, 3.8) is 0 Å². The van der Waals surface area contributed by atoms with Crippen molar-refractivity contribution >= 4 is 17.5 Å². The van der Waals surface area contributed by atoms with Crippen LogP contribution in [-0.4, -0.2) is 11.8 Å². The summed E-state index contributed by atoms with van der Waals surface area (Å²) < 4.78 is 37.5. The molecule has 0 aliphatic rings. The van der Waals surface area contributed by atoms with Gasteiger partial charge in [-0.05, 0) is 31.5 Å². The summed E-state index contributed by atoms with van der Waals surface area (Å²) in [4.78, 5) is 11.7. The molecule has 0 saturated heterocycles. The second kappa shape index (κ2) is 5.82. The molecule has 6 heteroatoms. The molecule has 1 rings (SSSR count). The van der Waals surface area contributed by atoms with E-state index in [9.17, 15) is 18.0 Å². The van der Waals surface area contributed by atoms with E-state index in [1.807, 2.05) is 0 Å². The number of benzene rings is 1. The van der Waals surface area contributed by atoms with E-state index in [0.717, 1.165) is 12.1 Å². The Bertz CT molecular complexity index is 457. The lowest BCUT2D eigenvalue weighted by Crippen LogP contribution is -2.37. The molecular formula is C13H15ClF3NO. The summed E-state index contributed by atoms with van der Waals surface area (Å²) in [7, 11) is 0. The molecule has 0 aromatic heterocycles.